The average molecular weight is 214 g/mol. The van der Waals surface area contributed by atoms with Gasteiger partial charge in [0.05, 0.1) is 11.6 Å². The van der Waals surface area contributed by atoms with Crippen molar-refractivity contribution in [1.29, 1.82) is 5.26 Å². The first-order valence-corrected chi connectivity index (χ1v) is 4.94. The van der Waals surface area contributed by atoms with E-state index in [1.165, 1.54) is 0 Å². The molecule has 15 heavy (non-hydrogen) atoms. The Hall–Kier alpha value is -1.78. The Balaban J connectivity index is 2.55. The predicted octanol–water partition coefficient (Wildman–Crippen LogP) is 3.88. The van der Waals surface area contributed by atoms with Crippen molar-refractivity contribution in [2.24, 2.45) is 0 Å². The lowest BCUT2D eigenvalue weighted by Gasteiger charge is -2.03. The molecular weight excluding hydrogens is 206 g/mol. The Bertz CT molecular complexity index is 509. The number of hydrogen-bond acceptors (Lipinski definition) is 1. The minimum Gasteiger partial charge on any atom is -0.192 e. The van der Waals surface area contributed by atoms with Gasteiger partial charge in [0.25, 0.3) is 0 Å². The van der Waals surface area contributed by atoms with Crippen molar-refractivity contribution in [3.05, 3.63) is 59.1 Å². The zero-order valence-electron chi connectivity index (χ0n) is 7.94. The molecule has 0 aliphatic heterocycles. The summed E-state index contributed by atoms with van der Waals surface area (Å²) in [4.78, 5) is 0. The van der Waals surface area contributed by atoms with Crippen LogP contribution in [0.4, 0.5) is 0 Å². The van der Waals surface area contributed by atoms with Gasteiger partial charge in [0.1, 0.15) is 0 Å². The van der Waals surface area contributed by atoms with E-state index in [2.05, 4.69) is 6.07 Å². The molecule has 0 atom stereocenters. The Labute approximate surface area is 93.5 Å². The third-order valence-electron chi connectivity index (χ3n) is 2.20. The minimum atomic E-state index is 0.680. The van der Waals surface area contributed by atoms with E-state index in [9.17, 15) is 0 Å². The molecule has 0 N–H and O–H groups in total. The van der Waals surface area contributed by atoms with E-state index in [-0.39, 0.29) is 0 Å². The van der Waals surface area contributed by atoms with Crippen molar-refractivity contribution in [1.82, 2.24) is 0 Å². The van der Waals surface area contributed by atoms with Crippen LogP contribution in [0.1, 0.15) is 5.56 Å². The number of nitriles is 1. The molecule has 0 bridgehead atoms. The molecule has 1 nitrogen and oxygen atoms in total. The fourth-order valence-corrected chi connectivity index (χ4v) is 1.59. The van der Waals surface area contributed by atoms with Crippen molar-refractivity contribution >= 4 is 11.6 Å². The predicted molar refractivity (Wildman–Crippen MR) is 61.6 cm³/mol. The minimum absolute atomic E-state index is 0.680. The third kappa shape index (κ3) is 2.01. The van der Waals surface area contributed by atoms with E-state index in [0.29, 0.717) is 10.6 Å². The highest BCUT2D eigenvalue weighted by Crippen LogP contribution is 2.24. The van der Waals surface area contributed by atoms with Crippen LogP contribution in [0.5, 0.6) is 0 Å². The topological polar surface area (TPSA) is 23.8 Å². The third-order valence-corrected chi connectivity index (χ3v) is 2.45. The fourth-order valence-electron chi connectivity index (χ4n) is 1.46. The summed E-state index contributed by atoms with van der Waals surface area (Å²) in [6, 6.07) is 17.2. The summed E-state index contributed by atoms with van der Waals surface area (Å²) in [5.41, 5.74) is 2.63. The van der Waals surface area contributed by atoms with E-state index in [0.717, 1.165) is 11.1 Å². The number of rotatable bonds is 1. The van der Waals surface area contributed by atoms with Crippen LogP contribution in [0.15, 0.2) is 48.5 Å². The second kappa shape index (κ2) is 4.16. The maximum absolute atomic E-state index is 8.96. The summed E-state index contributed by atoms with van der Waals surface area (Å²) in [5.74, 6) is 0. The Morgan fingerprint density at radius 1 is 0.933 bits per heavy atom. The molecule has 0 aliphatic rings. The number of hydrogen-bond donors (Lipinski definition) is 0. The Morgan fingerprint density at radius 3 is 2.27 bits per heavy atom. The van der Waals surface area contributed by atoms with E-state index in [1.807, 2.05) is 48.5 Å². The van der Waals surface area contributed by atoms with E-state index in [4.69, 9.17) is 16.9 Å². The Kier molecular flexibility index (Phi) is 2.71. The van der Waals surface area contributed by atoms with Crippen molar-refractivity contribution in [3.8, 4) is 17.2 Å². The second-order valence-electron chi connectivity index (χ2n) is 3.16. The first-order chi connectivity index (χ1) is 7.31. The van der Waals surface area contributed by atoms with E-state index in [1.54, 1.807) is 0 Å². The van der Waals surface area contributed by atoms with Crippen LogP contribution in [-0.4, -0.2) is 0 Å². The summed E-state index contributed by atoms with van der Waals surface area (Å²) < 4.78 is 0. The van der Waals surface area contributed by atoms with Crippen LogP contribution in [0.25, 0.3) is 11.1 Å². The largest absolute Gasteiger partial charge is 0.192 e. The van der Waals surface area contributed by atoms with Crippen LogP contribution in [0, 0.1) is 11.3 Å². The zero-order valence-corrected chi connectivity index (χ0v) is 8.70. The quantitative estimate of drug-likeness (QED) is 0.705. The van der Waals surface area contributed by atoms with Gasteiger partial charge in [0.15, 0.2) is 0 Å². The number of halogens is 1. The molecule has 72 valence electrons. The van der Waals surface area contributed by atoms with Gasteiger partial charge >= 0.3 is 0 Å². The van der Waals surface area contributed by atoms with Crippen molar-refractivity contribution < 1.29 is 0 Å². The van der Waals surface area contributed by atoms with E-state index >= 15 is 0 Å². The summed E-state index contributed by atoms with van der Waals surface area (Å²) in [6.07, 6.45) is 0. The number of nitrogens with zero attached hydrogens (tertiary/aromatic N) is 1. The lowest BCUT2D eigenvalue weighted by atomic mass is 10.0. The molecule has 2 heteroatoms. The molecule has 0 amide bonds. The summed E-state index contributed by atoms with van der Waals surface area (Å²) >= 11 is 5.81. The van der Waals surface area contributed by atoms with Gasteiger partial charge in [-0.1, -0.05) is 41.9 Å². The van der Waals surface area contributed by atoms with Gasteiger partial charge in [-0.15, -0.1) is 0 Å². The second-order valence-corrected chi connectivity index (χ2v) is 3.60. The fraction of sp³-hybridized carbons (Fsp3) is 0. The van der Waals surface area contributed by atoms with Gasteiger partial charge in [0.2, 0.25) is 0 Å². The smallest absolute Gasteiger partial charge is 0.0998 e. The highest BCUT2D eigenvalue weighted by molar-refractivity contribution is 6.30. The molecule has 2 aromatic carbocycles. The summed E-state index contributed by atoms with van der Waals surface area (Å²) in [6.45, 7) is 0. The maximum Gasteiger partial charge on any atom is 0.0998 e. The molecule has 0 heterocycles. The summed E-state index contributed by atoms with van der Waals surface area (Å²) in [5, 5.41) is 9.66. The molecule has 0 saturated heterocycles. The van der Waals surface area contributed by atoms with Crippen LogP contribution in [0.3, 0.4) is 0 Å². The van der Waals surface area contributed by atoms with Crippen molar-refractivity contribution in [2.75, 3.05) is 0 Å². The monoisotopic (exact) mass is 213 g/mol. The summed E-state index contributed by atoms with van der Waals surface area (Å²) in [7, 11) is 0. The molecule has 0 spiro atoms. The molecular formula is C13H8ClN. The lowest BCUT2D eigenvalue weighted by molar-refractivity contribution is 1.48. The number of benzene rings is 2. The van der Waals surface area contributed by atoms with Gasteiger partial charge in [-0.25, -0.2) is 0 Å². The van der Waals surface area contributed by atoms with Gasteiger partial charge in [-0.05, 0) is 29.3 Å². The van der Waals surface area contributed by atoms with Crippen molar-refractivity contribution in [2.45, 2.75) is 0 Å². The molecule has 0 fully saturated rings. The van der Waals surface area contributed by atoms with Crippen LogP contribution in [-0.2, 0) is 0 Å². The molecule has 0 aromatic heterocycles. The highest BCUT2D eigenvalue weighted by atomic mass is 35.5. The first-order valence-electron chi connectivity index (χ1n) is 4.56. The van der Waals surface area contributed by atoms with Crippen molar-refractivity contribution in [3.63, 3.8) is 0 Å². The molecule has 0 radical (unpaired) electrons. The Morgan fingerprint density at radius 2 is 1.60 bits per heavy atom. The van der Waals surface area contributed by atoms with Gasteiger partial charge in [0, 0.05) is 5.02 Å². The molecule has 0 aliphatic carbocycles. The first kappa shape index (κ1) is 9.76. The molecule has 2 rings (SSSR count). The zero-order chi connectivity index (χ0) is 10.7. The normalized spacial score (nSPS) is 9.60. The molecule has 0 saturated carbocycles. The maximum atomic E-state index is 8.96. The average Bonchev–Trinajstić information content (AvgIpc) is 2.30. The van der Waals surface area contributed by atoms with Gasteiger partial charge in [-0.2, -0.15) is 5.26 Å². The SMILES string of the molecule is N#Cc1ccccc1-c1ccc(Cl)cc1. The highest BCUT2D eigenvalue weighted by Gasteiger charge is 2.02. The van der Waals surface area contributed by atoms with Gasteiger partial charge < -0.3 is 0 Å². The van der Waals surface area contributed by atoms with E-state index < -0.39 is 0 Å². The van der Waals surface area contributed by atoms with Crippen LogP contribution >= 0.6 is 11.6 Å². The van der Waals surface area contributed by atoms with Crippen LogP contribution in [0.2, 0.25) is 5.02 Å². The molecule has 2 aromatic rings. The standard InChI is InChI=1S/C13H8ClN/c14-12-7-5-10(6-8-12)13-4-2-1-3-11(13)9-15/h1-8H. The lowest BCUT2D eigenvalue weighted by Crippen LogP contribution is -1.82. The van der Waals surface area contributed by atoms with Gasteiger partial charge in [-0.3, -0.25) is 0 Å². The van der Waals surface area contributed by atoms with Crippen LogP contribution < -0.4 is 0 Å². The molecule has 0 unspecified atom stereocenters.